The van der Waals surface area contributed by atoms with E-state index in [2.05, 4.69) is 5.32 Å². The maximum Gasteiger partial charge on any atom is 0.257 e. The molecule has 0 saturated carbocycles. The minimum atomic E-state index is -0.230. The summed E-state index contributed by atoms with van der Waals surface area (Å²) in [6.07, 6.45) is 3.46. The summed E-state index contributed by atoms with van der Waals surface area (Å²) >= 11 is 5.30. The molecule has 0 unspecified atom stereocenters. The third-order valence-electron chi connectivity index (χ3n) is 3.51. The van der Waals surface area contributed by atoms with E-state index < -0.39 is 0 Å². The number of amides is 1. The quantitative estimate of drug-likeness (QED) is 0.868. The normalized spacial score (nSPS) is 14.5. The van der Waals surface area contributed by atoms with E-state index >= 15 is 0 Å². The number of rotatable bonds is 3. The van der Waals surface area contributed by atoms with Gasteiger partial charge in [0.2, 0.25) is 0 Å². The second kappa shape index (κ2) is 7.26. The number of nitrogens with one attached hydrogen (secondary N) is 1. The number of thiocarbonyl (C=S) groups is 1. The third-order valence-corrected chi connectivity index (χ3v) is 3.87. The molecule has 1 aliphatic rings. The van der Waals surface area contributed by atoms with Crippen LogP contribution >= 0.6 is 12.2 Å². The lowest BCUT2D eigenvalue weighted by Crippen LogP contribution is -2.44. The predicted octanol–water partition coefficient (Wildman–Crippen LogP) is 2.20. The number of ether oxygens (including phenoxy) is 2. The van der Waals surface area contributed by atoms with Gasteiger partial charge in [-0.25, -0.2) is 0 Å². The van der Waals surface area contributed by atoms with Crippen molar-refractivity contribution >= 4 is 23.2 Å². The van der Waals surface area contributed by atoms with Crippen LogP contribution in [0.5, 0.6) is 11.5 Å². The minimum Gasteiger partial charge on any atom is -0.493 e. The Morgan fingerprint density at radius 3 is 2.43 bits per heavy atom. The Morgan fingerprint density at radius 1 is 1.14 bits per heavy atom. The molecule has 1 N–H and O–H groups in total. The highest BCUT2D eigenvalue weighted by molar-refractivity contribution is 7.80. The number of carbonyl (C=O) groups excluding carboxylic acids is 1. The summed E-state index contributed by atoms with van der Waals surface area (Å²) in [7, 11) is 3.10. The van der Waals surface area contributed by atoms with Gasteiger partial charge in [0.15, 0.2) is 16.6 Å². The first-order valence-corrected chi connectivity index (χ1v) is 7.39. The zero-order chi connectivity index (χ0) is 15.2. The van der Waals surface area contributed by atoms with Crippen LogP contribution in [0.15, 0.2) is 18.2 Å². The third kappa shape index (κ3) is 3.85. The molecule has 5 nitrogen and oxygen atoms in total. The molecular weight excluding hydrogens is 288 g/mol. The van der Waals surface area contributed by atoms with Gasteiger partial charge in [-0.15, -0.1) is 0 Å². The summed E-state index contributed by atoms with van der Waals surface area (Å²) in [5, 5.41) is 3.27. The van der Waals surface area contributed by atoms with Crippen LogP contribution in [-0.4, -0.2) is 43.2 Å². The van der Waals surface area contributed by atoms with E-state index in [1.807, 2.05) is 4.90 Å². The van der Waals surface area contributed by atoms with Gasteiger partial charge in [-0.3, -0.25) is 10.1 Å². The van der Waals surface area contributed by atoms with Crippen LogP contribution in [0, 0.1) is 0 Å². The molecule has 1 saturated heterocycles. The van der Waals surface area contributed by atoms with Crippen LogP contribution in [0.1, 0.15) is 29.6 Å². The van der Waals surface area contributed by atoms with Gasteiger partial charge in [0.25, 0.3) is 5.91 Å². The van der Waals surface area contributed by atoms with Gasteiger partial charge < -0.3 is 14.4 Å². The van der Waals surface area contributed by atoms with Crippen molar-refractivity contribution < 1.29 is 14.3 Å². The van der Waals surface area contributed by atoms with E-state index in [0.29, 0.717) is 22.2 Å². The number of carbonyl (C=O) groups is 1. The van der Waals surface area contributed by atoms with E-state index in [1.54, 1.807) is 25.3 Å². The molecular formula is C15H20N2O3S. The topological polar surface area (TPSA) is 50.8 Å². The number of benzene rings is 1. The summed E-state index contributed by atoms with van der Waals surface area (Å²) in [5.74, 6) is 0.883. The second-order valence-corrected chi connectivity index (χ2v) is 5.26. The van der Waals surface area contributed by atoms with Gasteiger partial charge in [0.1, 0.15) is 0 Å². The number of piperidine rings is 1. The first-order valence-electron chi connectivity index (χ1n) is 6.98. The standard InChI is InChI=1S/C15H20N2O3S/c1-19-12-7-6-11(10-13(12)20-2)14(18)16-15(21)17-8-4-3-5-9-17/h6-7,10H,3-5,8-9H2,1-2H3,(H,16,18,21). The number of hydrogen-bond acceptors (Lipinski definition) is 4. The van der Waals surface area contributed by atoms with Crippen LogP contribution in [0.4, 0.5) is 0 Å². The lowest BCUT2D eigenvalue weighted by atomic mass is 10.1. The molecule has 0 bridgehead atoms. The number of methoxy groups -OCH3 is 2. The summed E-state index contributed by atoms with van der Waals surface area (Å²) < 4.78 is 10.4. The predicted molar refractivity (Wildman–Crippen MR) is 85.0 cm³/mol. The summed E-state index contributed by atoms with van der Waals surface area (Å²) in [6.45, 7) is 1.82. The summed E-state index contributed by atoms with van der Waals surface area (Å²) in [4.78, 5) is 14.3. The van der Waals surface area contributed by atoms with E-state index in [4.69, 9.17) is 21.7 Å². The molecule has 6 heteroatoms. The Balaban J connectivity index is 2.04. The molecule has 1 aromatic carbocycles. The molecule has 0 radical (unpaired) electrons. The van der Waals surface area contributed by atoms with Crippen LogP contribution in [0.3, 0.4) is 0 Å². The van der Waals surface area contributed by atoms with Gasteiger partial charge in [-0.1, -0.05) is 0 Å². The van der Waals surface area contributed by atoms with Crippen molar-refractivity contribution in [3.63, 3.8) is 0 Å². The van der Waals surface area contributed by atoms with Crippen LogP contribution in [0.2, 0.25) is 0 Å². The number of nitrogens with zero attached hydrogens (tertiary/aromatic N) is 1. The molecule has 0 aromatic heterocycles. The maximum atomic E-state index is 12.2. The van der Waals surface area contributed by atoms with Crippen molar-refractivity contribution in [2.75, 3.05) is 27.3 Å². The molecule has 0 atom stereocenters. The molecule has 21 heavy (non-hydrogen) atoms. The Bertz CT molecular complexity index is 528. The largest absolute Gasteiger partial charge is 0.493 e. The second-order valence-electron chi connectivity index (χ2n) is 4.88. The lowest BCUT2D eigenvalue weighted by molar-refractivity contribution is 0.0972. The average molecular weight is 308 g/mol. The lowest BCUT2D eigenvalue weighted by Gasteiger charge is -2.28. The fourth-order valence-corrected chi connectivity index (χ4v) is 2.60. The highest BCUT2D eigenvalue weighted by atomic mass is 32.1. The molecule has 2 rings (SSSR count). The van der Waals surface area contributed by atoms with Crippen LogP contribution in [0.25, 0.3) is 0 Å². The van der Waals surface area contributed by atoms with Crippen molar-refractivity contribution in [2.45, 2.75) is 19.3 Å². The first-order chi connectivity index (χ1) is 10.2. The highest BCUT2D eigenvalue weighted by Gasteiger charge is 2.17. The van der Waals surface area contributed by atoms with Gasteiger partial charge in [-0.2, -0.15) is 0 Å². The fraction of sp³-hybridized carbons (Fsp3) is 0.467. The Hall–Kier alpha value is -1.82. The fourth-order valence-electron chi connectivity index (χ4n) is 2.32. The van der Waals surface area contributed by atoms with Gasteiger partial charge in [-0.05, 0) is 49.7 Å². The minimum absolute atomic E-state index is 0.230. The molecule has 1 heterocycles. The number of hydrogen-bond donors (Lipinski definition) is 1. The van der Waals surface area contributed by atoms with Gasteiger partial charge in [0, 0.05) is 18.7 Å². The smallest absolute Gasteiger partial charge is 0.257 e. The Kier molecular flexibility index (Phi) is 5.38. The zero-order valence-corrected chi connectivity index (χ0v) is 13.2. The molecule has 1 amide bonds. The van der Waals surface area contributed by atoms with Crippen molar-refractivity contribution in [2.24, 2.45) is 0 Å². The highest BCUT2D eigenvalue weighted by Crippen LogP contribution is 2.27. The van der Waals surface area contributed by atoms with Crippen LogP contribution < -0.4 is 14.8 Å². The Morgan fingerprint density at radius 2 is 1.81 bits per heavy atom. The molecule has 1 aliphatic heterocycles. The van der Waals surface area contributed by atoms with Crippen molar-refractivity contribution in [1.29, 1.82) is 0 Å². The van der Waals surface area contributed by atoms with Gasteiger partial charge >= 0.3 is 0 Å². The van der Waals surface area contributed by atoms with Crippen molar-refractivity contribution in [3.8, 4) is 11.5 Å². The first kappa shape index (κ1) is 15.6. The summed E-state index contributed by atoms with van der Waals surface area (Å²) in [6, 6.07) is 5.04. The Labute approximate surface area is 130 Å². The molecule has 1 fully saturated rings. The van der Waals surface area contributed by atoms with Crippen molar-refractivity contribution in [1.82, 2.24) is 10.2 Å². The summed E-state index contributed by atoms with van der Waals surface area (Å²) in [5.41, 5.74) is 0.493. The van der Waals surface area contributed by atoms with Crippen LogP contribution in [-0.2, 0) is 0 Å². The average Bonchev–Trinajstić information content (AvgIpc) is 2.54. The van der Waals surface area contributed by atoms with E-state index in [0.717, 1.165) is 25.9 Å². The molecule has 0 aliphatic carbocycles. The van der Waals surface area contributed by atoms with E-state index in [-0.39, 0.29) is 5.91 Å². The van der Waals surface area contributed by atoms with E-state index in [9.17, 15) is 4.79 Å². The maximum absolute atomic E-state index is 12.2. The van der Waals surface area contributed by atoms with Gasteiger partial charge in [0.05, 0.1) is 14.2 Å². The molecule has 1 aromatic rings. The zero-order valence-electron chi connectivity index (χ0n) is 12.3. The molecule has 114 valence electrons. The monoisotopic (exact) mass is 308 g/mol. The number of likely N-dealkylation sites (tertiary alicyclic amines) is 1. The van der Waals surface area contributed by atoms with E-state index in [1.165, 1.54) is 13.5 Å². The molecule has 0 spiro atoms. The van der Waals surface area contributed by atoms with Crippen molar-refractivity contribution in [3.05, 3.63) is 23.8 Å². The SMILES string of the molecule is COc1ccc(C(=O)NC(=S)N2CCCCC2)cc1OC.